The van der Waals surface area contributed by atoms with Gasteiger partial charge in [0.15, 0.2) is 0 Å². The minimum absolute atomic E-state index is 0.233. The van der Waals surface area contributed by atoms with Crippen LogP contribution in [0, 0.1) is 6.92 Å². The molecule has 184 valence electrons. The van der Waals surface area contributed by atoms with E-state index in [4.69, 9.17) is 0 Å². The summed E-state index contributed by atoms with van der Waals surface area (Å²) in [6.45, 7) is 14.0. The zero-order valence-corrected chi connectivity index (χ0v) is 21.4. The lowest BCUT2D eigenvalue weighted by atomic mass is 10.1. The molecule has 0 unspecified atom stereocenters. The van der Waals surface area contributed by atoms with E-state index in [2.05, 4.69) is 35.0 Å². The van der Waals surface area contributed by atoms with Crippen LogP contribution in [0.1, 0.15) is 31.9 Å². The number of carbonyl (C=O) groups excluding carboxylic acids is 1. The molecule has 1 aliphatic heterocycles. The summed E-state index contributed by atoms with van der Waals surface area (Å²) in [5.41, 5.74) is 3.86. The van der Waals surface area contributed by atoms with Crippen LogP contribution in [0.3, 0.4) is 0 Å². The number of anilines is 2. The number of benzene rings is 2. The van der Waals surface area contributed by atoms with E-state index >= 15 is 0 Å². The summed E-state index contributed by atoms with van der Waals surface area (Å²) in [7, 11) is -3.49. The molecular formula is C26H36N4O3S. The molecule has 2 aromatic rings. The lowest BCUT2D eigenvalue weighted by Gasteiger charge is -2.36. The highest BCUT2D eigenvalue weighted by Gasteiger charge is 2.21. The second kappa shape index (κ2) is 11.6. The average Bonchev–Trinajstić information content (AvgIpc) is 2.84. The second-order valence-electron chi connectivity index (χ2n) is 8.40. The van der Waals surface area contributed by atoms with Gasteiger partial charge in [0.25, 0.3) is 0 Å². The van der Waals surface area contributed by atoms with Crippen molar-refractivity contribution in [3.8, 4) is 0 Å². The number of aryl methyl sites for hydroxylation is 1. The molecule has 1 saturated heterocycles. The Morgan fingerprint density at radius 2 is 1.65 bits per heavy atom. The van der Waals surface area contributed by atoms with Crippen LogP contribution in [-0.2, 0) is 14.8 Å². The lowest BCUT2D eigenvalue weighted by Crippen LogP contribution is -2.46. The fraction of sp³-hybridized carbons (Fsp3) is 0.423. The average molecular weight is 485 g/mol. The quantitative estimate of drug-likeness (QED) is 0.548. The van der Waals surface area contributed by atoms with E-state index in [9.17, 15) is 13.2 Å². The van der Waals surface area contributed by atoms with Crippen molar-refractivity contribution in [1.29, 1.82) is 0 Å². The number of nitrogens with zero attached hydrogens (tertiary/aromatic N) is 3. The number of sulfonamides is 1. The number of carbonyl (C=O) groups is 1. The molecule has 3 rings (SSSR count). The Labute approximate surface area is 204 Å². The minimum atomic E-state index is -3.49. The molecule has 1 aliphatic rings. The summed E-state index contributed by atoms with van der Waals surface area (Å²) >= 11 is 0. The van der Waals surface area contributed by atoms with E-state index < -0.39 is 10.0 Å². The van der Waals surface area contributed by atoms with Crippen molar-refractivity contribution in [2.75, 3.05) is 56.0 Å². The van der Waals surface area contributed by atoms with Crippen molar-refractivity contribution >= 4 is 33.4 Å². The molecule has 1 N–H and O–H groups in total. The Bertz CT molecular complexity index is 1100. The number of likely N-dealkylation sites (N-methyl/N-ethyl adjacent to an activating group) is 1. The molecule has 0 bridgehead atoms. The lowest BCUT2D eigenvalue weighted by molar-refractivity contribution is -0.111. The monoisotopic (exact) mass is 484 g/mol. The van der Waals surface area contributed by atoms with Gasteiger partial charge in [0, 0.05) is 56.7 Å². The smallest absolute Gasteiger partial charge is 0.248 e. The van der Waals surface area contributed by atoms with Crippen LogP contribution < -0.4 is 10.2 Å². The van der Waals surface area contributed by atoms with Crippen LogP contribution in [0.25, 0.3) is 6.08 Å². The van der Waals surface area contributed by atoms with E-state index in [0.717, 1.165) is 49.5 Å². The van der Waals surface area contributed by atoms with Crippen molar-refractivity contribution in [1.82, 2.24) is 9.21 Å². The Hall–Kier alpha value is -2.68. The molecule has 2 aromatic carbocycles. The summed E-state index contributed by atoms with van der Waals surface area (Å²) in [4.78, 5) is 17.5. The van der Waals surface area contributed by atoms with Gasteiger partial charge in [-0.15, -0.1) is 0 Å². The Balaban J connectivity index is 1.60. The number of hydrogen-bond donors (Lipinski definition) is 1. The first-order valence-corrected chi connectivity index (χ1v) is 13.4. The number of nitrogens with one attached hydrogen (secondary N) is 1. The van der Waals surface area contributed by atoms with Crippen LogP contribution in [-0.4, -0.2) is 69.3 Å². The zero-order chi connectivity index (χ0) is 24.7. The minimum Gasteiger partial charge on any atom is -0.369 e. The standard InChI is InChI=1S/C26H36N4O3S/c1-5-28-16-18-29(19-17-28)25-14-11-23(20-21(25)4)27-26(31)15-10-22-8-12-24(13-9-22)34(32,33)30(6-2)7-3/h8-15,20H,5-7,16-19H2,1-4H3,(H,27,31)/b15-10+. The van der Waals surface area contributed by atoms with Gasteiger partial charge in [-0.25, -0.2) is 8.42 Å². The highest BCUT2D eigenvalue weighted by atomic mass is 32.2. The van der Waals surface area contributed by atoms with Crippen molar-refractivity contribution in [3.63, 3.8) is 0 Å². The summed E-state index contributed by atoms with van der Waals surface area (Å²) in [5.74, 6) is -0.233. The van der Waals surface area contributed by atoms with E-state index in [1.807, 2.05) is 26.0 Å². The van der Waals surface area contributed by atoms with Gasteiger partial charge >= 0.3 is 0 Å². The van der Waals surface area contributed by atoms with E-state index in [-0.39, 0.29) is 10.8 Å². The topological polar surface area (TPSA) is 73.0 Å². The molecule has 0 radical (unpaired) electrons. The van der Waals surface area contributed by atoms with Crippen molar-refractivity contribution in [2.45, 2.75) is 32.6 Å². The first kappa shape index (κ1) is 25.9. The normalized spacial score (nSPS) is 15.3. The van der Waals surface area contributed by atoms with Gasteiger partial charge in [0.2, 0.25) is 15.9 Å². The van der Waals surface area contributed by atoms with Crippen LogP contribution in [0.15, 0.2) is 53.4 Å². The Morgan fingerprint density at radius 1 is 1.00 bits per heavy atom. The molecule has 0 aromatic heterocycles. The molecule has 34 heavy (non-hydrogen) atoms. The van der Waals surface area contributed by atoms with Crippen molar-refractivity contribution in [2.24, 2.45) is 0 Å². The maximum Gasteiger partial charge on any atom is 0.248 e. The molecule has 1 heterocycles. The van der Waals surface area contributed by atoms with Crippen LogP contribution in [0.4, 0.5) is 11.4 Å². The van der Waals surface area contributed by atoms with Gasteiger partial charge in [-0.1, -0.05) is 32.9 Å². The molecule has 0 atom stereocenters. The van der Waals surface area contributed by atoms with Crippen molar-refractivity contribution < 1.29 is 13.2 Å². The number of piperazine rings is 1. The third kappa shape index (κ3) is 6.25. The number of hydrogen-bond acceptors (Lipinski definition) is 5. The molecular weight excluding hydrogens is 448 g/mol. The zero-order valence-electron chi connectivity index (χ0n) is 20.6. The van der Waals surface area contributed by atoms with E-state index in [1.165, 1.54) is 16.1 Å². The number of amides is 1. The summed E-state index contributed by atoms with van der Waals surface area (Å²) < 4.78 is 26.6. The molecule has 0 spiro atoms. The molecule has 0 aliphatic carbocycles. The second-order valence-corrected chi connectivity index (χ2v) is 10.3. The highest BCUT2D eigenvalue weighted by molar-refractivity contribution is 7.89. The van der Waals surface area contributed by atoms with Gasteiger partial charge in [-0.05, 0) is 61.0 Å². The van der Waals surface area contributed by atoms with Gasteiger partial charge < -0.3 is 15.1 Å². The predicted octanol–water partition coefficient (Wildman–Crippen LogP) is 3.82. The number of rotatable bonds is 9. The molecule has 7 nitrogen and oxygen atoms in total. The first-order valence-electron chi connectivity index (χ1n) is 12.0. The maximum absolute atomic E-state index is 12.6. The van der Waals surface area contributed by atoms with Crippen LogP contribution >= 0.6 is 0 Å². The molecule has 1 fully saturated rings. The Kier molecular flexibility index (Phi) is 8.88. The third-order valence-corrected chi connectivity index (χ3v) is 8.34. The third-order valence-electron chi connectivity index (χ3n) is 6.27. The van der Waals surface area contributed by atoms with Crippen LogP contribution in [0.2, 0.25) is 0 Å². The fourth-order valence-corrected chi connectivity index (χ4v) is 5.67. The molecule has 1 amide bonds. The SMILES string of the molecule is CCN1CCN(c2ccc(NC(=O)/C=C/c3ccc(S(=O)(=O)N(CC)CC)cc3)cc2C)CC1. The fourth-order valence-electron chi connectivity index (χ4n) is 4.21. The van der Waals surface area contributed by atoms with Gasteiger partial charge in [-0.3, -0.25) is 4.79 Å². The molecule has 8 heteroatoms. The molecule has 0 saturated carbocycles. The van der Waals surface area contributed by atoms with Gasteiger partial charge in [0.05, 0.1) is 4.90 Å². The van der Waals surface area contributed by atoms with Crippen LogP contribution in [0.5, 0.6) is 0 Å². The maximum atomic E-state index is 12.6. The predicted molar refractivity (Wildman–Crippen MR) is 140 cm³/mol. The van der Waals surface area contributed by atoms with Gasteiger partial charge in [0.1, 0.15) is 0 Å². The first-order chi connectivity index (χ1) is 16.3. The van der Waals surface area contributed by atoms with E-state index in [0.29, 0.717) is 13.1 Å². The Morgan fingerprint density at radius 3 is 2.21 bits per heavy atom. The van der Waals surface area contributed by atoms with Gasteiger partial charge in [-0.2, -0.15) is 4.31 Å². The summed E-state index contributed by atoms with van der Waals surface area (Å²) in [5, 5.41) is 2.91. The largest absolute Gasteiger partial charge is 0.369 e. The van der Waals surface area contributed by atoms with Crippen molar-refractivity contribution in [3.05, 3.63) is 59.7 Å². The van der Waals surface area contributed by atoms with E-state index in [1.54, 1.807) is 30.3 Å². The highest BCUT2D eigenvalue weighted by Crippen LogP contribution is 2.25. The summed E-state index contributed by atoms with van der Waals surface area (Å²) in [6, 6.07) is 12.6. The summed E-state index contributed by atoms with van der Waals surface area (Å²) in [6.07, 6.45) is 3.14.